The van der Waals surface area contributed by atoms with Gasteiger partial charge in [-0.3, -0.25) is 14.4 Å². The van der Waals surface area contributed by atoms with Gasteiger partial charge in [-0.05, 0) is 43.2 Å². The maximum Gasteiger partial charge on any atom is 0.310 e. The molecule has 0 atom stereocenters. The largest absolute Gasteiger partial charge is 0.377 e. The predicted octanol–water partition coefficient (Wildman–Crippen LogP) is 3.97. The molecule has 1 fully saturated rings. The molecule has 2 aliphatic rings. The van der Waals surface area contributed by atoms with Crippen LogP contribution in [0, 0.1) is 6.92 Å². The first kappa shape index (κ1) is 29.5. The summed E-state index contributed by atoms with van der Waals surface area (Å²) in [6, 6.07) is 1.91. The van der Waals surface area contributed by atoms with Crippen molar-refractivity contribution in [3.63, 3.8) is 0 Å². The number of halogens is 5. The molecule has 2 aromatic heterocycles. The van der Waals surface area contributed by atoms with Crippen LogP contribution in [-0.2, 0) is 20.9 Å². The van der Waals surface area contributed by atoms with Crippen molar-refractivity contribution in [3.05, 3.63) is 52.2 Å². The first-order valence-corrected chi connectivity index (χ1v) is 14.9. The number of benzene rings is 1. The van der Waals surface area contributed by atoms with Crippen molar-refractivity contribution in [2.45, 2.75) is 31.7 Å². The summed E-state index contributed by atoms with van der Waals surface area (Å²) in [7, 11) is -9.86. The fraction of sp³-hybridized carbons (Fsp3) is 0.400. The summed E-state index contributed by atoms with van der Waals surface area (Å²) in [5.41, 5.74) is 0.814. The molecule has 0 unspecified atom stereocenters. The number of nitrogens with one attached hydrogen (secondary N) is 1. The van der Waals surface area contributed by atoms with Crippen LogP contribution in [0.1, 0.15) is 24.9 Å². The second-order valence-electron chi connectivity index (χ2n) is 10.1. The summed E-state index contributed by atoms with van der Waals surface area (Å²) in [4.78, 5) is 44.5. The van der Waals surface area contributed by atoms with E-state index in [-0.39, 0.29) is 41.0 Å². The number of anilines is 2. The zero-order valence-corrected chi connectivity index (χ0v) is 23.5. The van der Waals surface area contributed by atoms with Crippen LogP contribution >= 0.6 is 10.2 Å². The zero-order valence-electron chi connectivity index (χ0n) is 22.7. The number of rotatable bonds is 6. The number of nitrogens with zero attached hydrogens (tertiary/aromatic N) is 6. The van der Waals surface area contributed by atoms with E-state index >= 15 is 0 Å². The van der Waals surface area contributed by atoms with Crippen molar-refractivity contribution >= 4 is 44.8 Å². The lowest BCUT2D eigenvalue weighted by molar-refractivity contribution is -0.129. The van der Waals surface area contributed by atoms with Crippen molar-refractivity contribution in [1.82, 2.24) is 24.1 Å². The Labute approximate surface area is 236 Å². The van der Waals surface area contributed by atoms with Gasteiger partial charge < -0.3 is 24.4 Å². The molecule has 1 N–H and O–H groups in total. The number of hydrogen-bond donors (Lipinski definition) is 1. The summed E-state index contributed by atoms with van der Waals surface area (Å²) in [6.07, 6.45) is 2.31. The van der Waals surface area contributed by atoms with Gasteiger partial charge in [0.1, 0.15) is 17.1 Å². The van der Waals surface area contributed by atoms with E-state index in [9.17, 15) is 33.8 Å². The first-order chi connectivity index (χ1) is 19.5. The average molecular weight is 618 g/mol. The molecule has 0 spiro atoms. The Hall–Kier alpha value is -3.99. The first-order valence-electron chi connectivity index (χ1n) is 12.9. The normalized spacial score (nSPS) is 17.9. The highest BCUT2D eigenvalue weighted by molar-refractivity contribution is 8.45. The van der Waals surface area contributed by atoms with Gasteiger partial charge >= 0.3 is 10.2 Å². The standard InChI is InChI=1S/C25H28F5N7O4S/c1-16-22(35-11-9-34(10-12-35)17(2)38)24(40)37-25(32-23(33-37)18-7-13-41-14-8-18)36(16)15-21(39)31-19-3-5-20(6-4-19)42(26,27,28,29)30/h3-7H,8-15H2,1-2H3,(H,31,39). The Morgan fingerprint density at radius 3 is 2.29 bits per heavy atom. The van der Waals surface area contributed by atoms with Gasteiger partial charge in [0.2, 0.25) is 17.6 Å². The molecular formula is C25H28F5N7O4S. The third kappa shape index (κ3) is 5.97. The molecule has 3 aromatic rings. The van der Waals surface area contributed by atoms with Crippen LogP contribution in [0.5, 0.6) is 0 Å². The lowest BCUT2D eigenvalue weighted by Crippen LogP contribution is -2.50. The molecule has 17 heteroatoms. The van der Waals surface area contributed by atoms with Gasteiger partial charge in [-0.2, -0.15) is 9.50 Å². The Kier molecular flexibility index (Phi) is 6.88. The van der Waals surface area contributed by atoms with Crippen LogP contribution in [0.3, 0.4) is 0 Å². The molecule has 2 amide bonds. The monoisotopic (exact) mass is 617 g/mol. The van der Waals surface area contributed by atoms with Crippen LogP contribution in [-0.4, -0.2) is 75.3 Å². The molecule has 0 aliphatic carbocycles. The minimum Gasteiger partial charge on any atom is -0.377 e. The van der Waals surface area contributed by atoms with Crippen molar-refractivity contribution in [3.8, 4) is 0 Å². The highest BCUT2D eigenvalue weighted by Gasteiger charge is 2.65. The van der Waals surface area contributed by atoms with E-state index in [1.165, 1.54) is 11.5 Å². The van der Waals surface area contributed by atoms with Crippen molar-refractivity contribution in [1.29, 1.82) is 0 Å². The van der Waals surface area contributed by atoms with Gasteiger partial charge in [0, 0.05) is 44.5 Å². The number of carbonyl (C=O) groups is 2. The van der Waals surface area contributed by atoms with Crippen molar-refractivity contribution < 1.29 is 33.8 Å². The van der Waals surface area contributed by atoms with Gasteiger partial charge in [0.25, 0.3) is 5.56 Å². The fourth-order valence-electron chi connectivity index (χ4n) is 4.95. The minimum atomic E-state index is -9.86. The minimum absolute atomic E-state index is 0.0671. The molecule has 228 valence electrons. The molecule has 42 heavy (non-hydrogen) atoms. The average Bonchev–Trinajstić information content (AvgIpc) is 3.37. The summed E-state index contributed by atoms with van der Waals surface area (Å²) < 4.78 is 73.3. The van der Waals surface area contributed by atoms with Crippen LogP contribution in [0.2, 0.25) is 0 Å². The number of carbonyl (C=O) groups excluding carboxylic acids is 2. The number of ether oxygens (including phenoxy) is 1. The summed E-state index contributed by atoms with van der Waals surface area (Å²) >= 11 is 0. The van der Waals surface area contributed by atoms with Gasteiger partial charge in [-0.25, -0.2) is 0 Å². The molecule has 0 bridgehead atoms. The van der Waals surface area contributed by atoms with Crippen LogP contribution in [0.15, 0.2) is 40.0 Å². The molecular weight excluding hydrogens is 589 g/mol. The maximum absolute atomic E-state index is 13.7. The second-order valence-corrected chi connectivity index (χ2v) is 12.5. The summed E-state index contributed by atoms with van der Waals surface area (Å²) in [6.45, 7) is 4.96. The van der Waals surface area contributed by atoms with Gasteiger partial charge in [0.15, 0.2) is 5.82 Å². The van der Waals surface area contributed by atoms with E-state index < -0.39 is 33.1 Å². The SMILES string of the molecule is CC(=O)N1CCN(c2c(C)n(CC(=O)Nc3ccc(S(F)(F)(F)(F)F)cc3)c3nc(C4=CCOCC4)nn3c2=O)CC1. The van der Waals surface area contributed by atoms with Crippen LogP contribution in [0.25, 0.3) is 11.4 Å². The molecule has 2 aliphatic heterocycles. The van der Waals surface area contributed by atoms with Crippen LogP contribution < -0.4 is 15.8 Å². The highest BCUT2D eigenvalue weighted by Crippen LogP contribution is 3.02. The van der Waals surface area contributed by atoms with Gasteiger partial charge in [0.05, 0.1) is 13.2 Å². The van der Waals surface area contributed by atoms with Crippen LogP contribution in [0.4, 0.5) is 30.8 Å². The fourth-order valence-corrected chi connectivity index (χ4v) is 5.60. The van der Waals surface area contributed by atoms with Crippen molar-refractivity contribution in [2.75, 3.05) is 49.6 Å². The third-order valence-corrected chi connectivity index (χ3v) is 8.31. The Bertz CT molecular complexity index is 1660. The van der Waals surface area contributed by atoms with Gasteiger partial charge in [-0.15, -0.1) is 5.10 Å². The number of fused-ring (bicyclic) bond motifs is 1. The summed E-state index contributed by atoms with van der Waals surface area (Å²) in [5, 5.41) is 6.83. The lowest BCUT2D eigenvalue weighted by Gasteiger charge is -2.40. The zero-order chi connectivity index (χ0) is 30.5. The van der Waals surface area contributed by atoms with E-state index in [0.29, 0.717) is 51.5 Å². The number of amides is 2. The number of aromatic nitrogens is 4. The van der Waals surface area contributed by atoms with E-state index in [0.717, 1.165) is 22.2 Å². The Morgan fingerprint density at radius 2 is 1.71 bits per heavy atom. The van der Waals surface area contributed by atoms with E-state index in [1.54, 1.807) is 22.8 Å². The molecule has 0 radical (unpaired) electrons. The molecule has 1 saturated heterocycles. The molecule has 0 saturated carbocycles. The lowest BCUT2D eigenvalue weighted by atomic mass is 10.1. The predicted molar refractivity (Wildman–Crippen MR) is 146 cm³/mol. The second kappa shape index (κ2) is 9.79. The quantitative estimate of drug-likeness (QED) is 0.417. The maximum atomic E-state index is 13.7. The molecule has 1 aromatic carbocycles. The summed E-state index contributed by atoms with van der Waals surface area (Å²) in [5.74, 6) is -0.437. The number of piperazine rings is 1. The Balaban J connectivity index is 1.50. The molecule has 4 heterocycles. The highest BCUT2D eigenvalue weighted by atomic mass is 32.5. The van der Waals surface area contributed by atoms with E-state index in [2.05, 4.69) is 15.4 Å². The topological polar surface area (TPSA) is 114 Å². The van der Waals surface area contributed by atoms with Crippen molar-refractivity contribution in [2.24, 2.45) is 0 Å². The Morgan fingerprint density at radius 1 is 1.05 bits per heavy atom. The van der Waals surface area contributed by atoms with E-state index in [4.69, 9.17) is 4.74 Å². The smallest absolute Gasteiger partial charge is 0.310 e. The van der Waals surface area contributed by atoms with Gasteiger partial charge in [-0.1, -0.05) is 25.5 Å². The molecule has 5 rings (SSSR count). The third-order valence-electron chi connectivity index (χ3n) is 7.15. The molecule has 11 nitrogen and oxygen atoms in total. The van der Waals surface area contributed by atoms with E-state index in [1.807, 2.05) is 0 Å². The number of hydrogen-bond acceptors (Lipinski definition) is 7.